The molecule has 2 saturated carbocycles. The number of aryl methyl sites for hydroxylation is 1. The molecule has 188 valence electrons. The van der Waals surface area contributed by atoms with Crippen LogP contribution in [0.4, 0.5) is 4.79 Å². The smallest absolute Gasteiger partial charge is 0.489 e. The fourth-order valence-electron chi connectivity index (χ4n) is 7.01. The van der Waals surface area contributed by atoms with Crippen LogP contribution >= 0.6 is 0 Å². The van der Waals surface area contributed by atoms with Crippen LogP contribution in [0.25, 0.3) is 0 Å². The Kier molecular flexibility index (Phi) is 7.33. The van der Waals surface area contributed by atoms with Crippen molar-refractivity contribution in [2.24, 2.45) is 17.3 Å². The number of ether oxygens (including phenoxy) is 4. The van der Waals surface area contributed by atoms with Gasteiger partial charge in [0.25, 0.3) is 0 Å². The second-order valence-corrected chi connectivity index (χ2v) is 10.6. The highest BCUT2D eigenvalue weighted by molar-refractivity contribution is 5.60. The Bertz CT molecular complexity index is 1010. The van der Waals surface area contributed by atoms with Gasteiger partial charge in [0, 0.05) is 12.0 Å². The topological polar surface area (TPSA) is 54.0 Å². The van der Waals surface area contributed by atoms with Crippen LogP contribution in [0.2, 0.25) is 0 Å². The fraction of sp³-hybridized carbons (Fsp3) is 0.567. The summed E-state index contributed by atoms with van der Waals surface area (Å²) in [6.07, 6.45) is 5.99. The van der Waals surface area contributed by atoms with E-state index >= 15 is 0 Å². The van der Waals surface area contributed by atoms with Crippen LogP contribution in [0.5, 0.6) is 5.75 Å². The second kappa shape index (κ2) is 10.6. The Morgan fingerprint density at radius 3 is 2.71 bits per heavy atom. The third kappa shape index (κ3) is 5.06. The molecule has 5 nitrogen and oxygen atoms in total. The fourth-order valence-corrected chi connectivity index (χ4v) is 7.01. The second-order valence-electron chi connectivity index (χ2n) is 10.6. The number of rotatable bonds is 8. The molecule has 0 radical (unpaired) electrons. The van der Waals surface area contributed by atoms with Crippen LogP contribution in [0, 0.1) is 17.3 Å². The summed E-state index contributed by atoms with van der Waals surface area (Å²) in [5, 5.41) is 0. The Morgan fingerprint density at radius 1 is 1.03 bits per heavy atom. The van der Waals surface area contributed by atoms with Crippen LogP contribution in [0.15, 0.2) is 48.5 Å². The molecule has 3 aliphatic carbocycles. The molecular formula is C30H38O5. The lowest BCUT2D eigenvalue weighted by Crippen LogP contribution is -2.45. The molecule has 2 fully saturated rings. The van der Waals surface area contributed by atoms with E-state index in [4.69, 9.17) is 18.9 Å². The highest BCUT2D eigenvalue weighted by Gasteiger charge is 2.56. The summed E-state index contributed by atoms with van der Waals surface area (Å²) in [6.45, 7) is 6.15. The van der Waals surface area contributed by atoms with E-state index in [1.165, 1.54) is 23.1 Å². The van der Waals surface area contributed by atoms with E-state index in [0.717, 1.165) is 37.9 Å². The van der Waals surface area contributed by atoms with Gasteiger partial charge in [-0.3, -0.25) is 0 Å². The van der Waals surface area contributed by atoms with Crippen molar-refractivity contribution < 1.29 is 23.7 Å². The molecule has 3 aliphatic rings. The quantitative estimate of drug-likeness (QED) is 0.313. The van der Waals surface area contributed by atoms with Gasteiger partial charge < -0.3 is 18.9 Å². The van der Waals surface area contributed by atoms with Crippen molar-refractivity contribution in [2.75, 3.05) is 19.8 Å². The van der Waals surface area contributed by atoms with Crippen molar-refractivity contribution in [3.8, 4) is 5.75 Å². The first-order valence-electron chi connectivity index (χ1n) is 13.3. The monoisotopic (exact) mass is 478 g/mol. The van der Waals surface area contributed by atoms with Gasteiger partial charge in [0.1, 0.15) is 25.1 Å². The zero-order chi connectivity index (χ0) is 24.3. The lowest BCUT2D eigenvalue weighted by Gasteiger charge is -2.50. The van der Waals surface area contributed by atoms with Gasteiger partial charge in [-0.25, -0.2) is 4.79 Å². The summed E-state index contributed by atoms with van der Waals surface area (Å²) >= 11 is 0. The van der Waals surface area contributed by atoms with Crippen LogP contribution in [0.1, 0.15) is 68.6 Å². The molecule has 0 heterocycles. The Labute approximate surface area is 209 Å². The largest absolute Gasteiger partial charge is 0.508 e. The maximum absolute atomic E-state index is 12.3. The first kappa shape index (κ1) is 24.2. The van der Waals surface area contributed by atoms with Crippen molar-refractivity contribution in [1.29, 1.82) is 0 Å². The van der Waals surface area contributed by atoms with Crippen LogP contribution in [-0.2, 0) is 27.2 Å². The van der Waals surface area contributed by atoms with Gasteiger partial charge in [-0.15, -0.1) is 0 Å². The van der Waals surface area contributed by atoms with E-state index < -0.39 is 6.16 Å². The highest BCUT2D eigenvalue weighted by Crippen LogP contribution is 2.61. The third-order valence-corrected chi connectivity index (χ3v) is 8.75. The summed E-state index contributed by atoms with van der Waals surface area (Å²) in [5.74, 6) is 2.80. The van der Waals surface area contributed by atoms with Gasteiger partial charge in [-0.05, 0) is 92.0 Å². The predicted molar refractivity (Wildman–Crippen MR) is 135 cm³/mol. The minimum absolute atomic E-state index is 0.0380. The van der Waals surface area contributed by atoms with Crippen LogP contribution in [-0.4, -0.2) is 32.1 Å². The highest BCUT2D eigenvalue weighted by atomic mass is 16.7. The van der Waals surface area contributed by atoms with E-state index in [1.54, 1.807) is 0 Å². The third-order valence-electron chi connectivity index (χ3n) is 8.75. The first-order chi connectivity index (χ1) is 17.1. The molecule has 0 saturated heterocycles. The molecule has 2 aromatic rings. The van der Waals surface area contributed by atoms with Crippen molar-refractivity contribution in [2.45, 2.75) is 71.0 Å². The molecule has 2 aromatic carbocycles. The molecule has 35 heavy (non-hydrogen) atoms. The van der Waals surface area contributed by atoms with E-state index in [2.05, 4.69) is 37.3 Å². The predicted octanol–water partition coefficient (Wildman–Crippen LogP) is 6.68. The van der Waals surface area contributed by atoms with Gasteiger partial charge in [0.05, 0.1) is 6.61 Å². The molecule has 0 bridgehead atoms. The number of hydrogen-bond donors (Lipinski definition) is 0. The number of carbonyl (C=O) groups is 1. The first-order valence-corrected chi connectivity index (χ1v) is 13.3. The number of carbonyl (C=O) groups excluding carboxylic acids is 1. The van der Waals surface area contributed by atoms with Crippen LogP contribution in [0.3, 0.4) is 0 Å². The van der Waals surface area contributed by atoms with Crippen molar-refractivity contribution in [3.63, 3.8) is 0 Å². The van der Waals surface area contributed by atoms with Gasteiger partial charge in [0.15, 0.2) is 0 Å². The maximum atomic E-state index is 12.3. The van der Waals surface area contributed by atoms with Crippen LogP contribution < -0.4 is 4.74 Å². The van der Waals surface area contributed by atoms with E-state index in [9.17, 15) is 4.79 Å². The van der Waals surface area contributed by atoms with Gasteiger partial charge in [0.2, 0.25) is 0 Å². The normalized spacial score (nSPS) is 29.0. The summed E-state index contributed by atoms with van der Waals surface area (Å²) in [7, 11) is 0. The van der Waals surface area contributed by atoms with E-state index in [-0.39, 0.29) is 18.1 Å². The molecule has 5 atom stereocenters. The average molecular weight is 479 g/mol. The molecule has 5 unspecified atom stereocenters. The Morgan fingerprint density at radius 2 is 1.89 bits per heavy atom. The minimum atomic E-state index is -0.546. The zero-order valence-electron chi connectivity index (χ0n) is 21.0. The standard InChI is InChI=1S/C30H38O5/c1-3-32-17-18-33-29(31)35-28-14-13-27-26-11-9-22-19-23(34-20-21-7-5-4-6-8-21)10-12-24(22)25(26)15-16-30(27,28)2/h4-8,10,12,19,25-28H,3,9,11,13-18,20H2,1-2H3. The van der Waals surface area contributed by atoms with Crippen molar-refractivity contribution >= 4 is 6.16 Å². The summed E-state index contributed by atoms with van der Waals surface area (Å²) < 4.78 is 22.5. The zero-order valence-corrected chi connectivity index (χ0v) is 21.0. The summed E-state index contributed by atoms with van der Waals surface area (Å²) in [6, 6.07) is 17.1. The molecule has 5 rings (SSSR count). The van der Waals surface area contributed by atoms with Gasteiger partial charge in [-0.2, -0.15) is 0 Å². The van der Waals surface area contributed by atoms with Gasteiger partial charge >= 0.3 is 6.16 Å². The minimum Gasteiger partial charge on any atom is -0.489 e. The lowest BCUT2D eigenvalue weighted by molar-refractivity contribution is -0.0579. The Hall–Kier alpha value is -2.53. The number of benzene rings is 2. The summed E-state index contributed by atoms with van der Waals surface area (Å²) in [5.41, 5.74) is 4.18. The lowest BCUT2D eigenvalue weighted by atomic mass is 9.55. The number of hydrogen-bond acceptors (Lipinski definition) is 5. The molecular weight excluding hydrogens is 440 g/mol. The maximum Gasteiger partial charge on any atom is 0.508 e. The molecule has 0 N–H and O–H groups in total. The Balaban J connectivity index is 1.22. The van der Waals surface area contributed by atoms with Crippen molar-refractivity contribution in [1.82, 2.24) is 0 Å². The van der Waals surface area contributed by atoms with Crippen molar-refractivity contribution in [3.05, 3.63) is 65.2 Å². The van der Waals surface area contributed by atoms with E-state index in [0.29, 0.717) is 37.6 Å². The molecule has 0 amide bonds. The molecule has 0 aromatic heterocycles. The number of fused-ring (bicyclic) bond motifs is 5. The SMILES string of the molecule is CCOCCOC(=O)OC1CCC2C3CCc4cc(OCc5ccccc5)ccc4C3CCC12C. The van der Waals surface area contributed by atoms with E-state index in [1.807, 2.05) is 25.1 Å². The molecule has 0 aliphatic heterocycles. The average Bonchev–Trinajstić information content (AvgIpc) is 3.21. The molecule has 0 spiro atoms. The van der Waals surface area contributed by atoms with Gasteiger partial charge in [-0.1, -0.05) is 43.3 Å². The summed E-state index contributed by atoms with van der Waals surface area (Å²) in [4.78, 5) is 12.3. The molecule has 5 heteroatoms.